The molecule has 1 aromatic heterocycles. The second kappa shape index (κ2) is 6.17. The Morgan fingerprint density at radius 2 is 2.33 bits per heavy atom. The van der Waals surface area contributed by atoms with E-state index in [-0.39, 0.29) is 13.1 Å². The molecule has 0 saturated carbocycles. The van der Waals surface area contributed by atoms with Gasteiger partial charge in [-0.05, 0) is 36.7 Å². The number of carbonyl (C=O) groups is 1. The van der Waals surface area contributed by atoms with Gasteiger partial charge in [0.1, 0.15) is 11.3 Å². The predicted octanol–water partition coefficient (Wildman–Crippen LogP) is 3.40. The summed E-state index contributed by atoms with van der Waals surface area (Å²) in [6.45, 7) is 1.90. The quantitative estimate of drug-likeness (QED) is 0.359. The molecule has 1 atom stereocenters. The summed E-state index contributed by atoms with van der Waals surface area (Å²) in [6, 6.07) is 7.13. The highest BCUT2D eigenvalue weighted by molar-refractivity contribution is 9.10. The fraction of sp³-hybridized carbons (Fsp3) is 0.308. The highest BCUT2D eigenvalue weighted by Gasteiger charge is 2.38. The Bertz CT molecular complexity index is 723. The number of fused-ring (bicyclic) bond motifs is 1. The second-order valence-electron chi connectivity index (χ2n) is 4.60. The first-order valence-electron chi connectivity index (χ1n) is 6.16. The molecular weight excluding hydrogens is 340 g/mol. The number of carboxylic acid groups (broad SMARTS) is 1. The molecule has 0 aliphatic carbocycles. The lowest BCUT2D eigenvalue weighted by Crippen LogP contribution is -2.47. The lowest BCUT2D eigenvalue weighted by atomic mass is 9.99. The number of rotatable bonds is 6. The van der Waals surface area contributed by atoms with E-state index in [1.165, 1.54) is 6.92 Å². The van der Waals surface area contributed by atoms with Crippen LogP contribution < -0.4 is 5.32 Å². The Hall–Kier alpha value is -2.02. The van der Waals surface area contributed by atoms with E-state index < -0.39 is 11.5 Å². The van der Waals surface area contributed by atoms with Gasteiger partial charge in [-0.25, -0.2) is 4.79 Å². The van der Waals surface area contributed by atoms with Crippen molar-refractivity contribution in [3.05, 3.63) is 44.9 Å². The molecule has 2 N–H and O–H groups in total. The van der Waals surface area contributed by atoms with Gasteiger partial charge in [0.15, 0.2) is 5.54 Å². The van der Waals surface area contributed by atoms with Crippen LogP contribution in [0.4, 0.5) is 0 Å². The van der Waals surface area contributed by atoms with Crippen LogP contribution in [-0.4, -0.2) is 24.2 Å². The van der Waals surface area contributed by atoms with Gasteiger partial charge in [0, 0.05) is 27.9 Å². The van der Waals surface area contributed by atoms with Crippen LogP contribution in [0.2, 0.25) is 0 Å². The molecular formula is C13H13BrN4O3. The molecule has 2 rings (SSSR count). The molecule has 7 nitrogen and oxygen atoms in total. The number of nitrogens with one attached hydrogen (secondary N) is 1. The maximum atomic E-state index is 11.6. The average molecular weight is 353 g/mol. The molecule has 0 saturated heterocycles. The van der Waals surface area contributed by atoms with E-state index in [1.54, 1.807) is 12.1 Å². The third-order valence-electron chi connectivity index (χ3n) is 3.15. The fourth-order valence-corrected chi connectivity index (χ4v) is 2.31. The first-order valence-corrected chi connectivity index (χ1v) is 6.95. The molecule has 2 aromatic rings. The van der Waals surface area contributed by atoms with Gasteiger partial charge < -0.3 is 9.52 Å². The highest BCUT2D eigenvalue weighted by Crippen LogP contribution is 2.30. The van der Waals surface area contributed by atoms with Gasteiger partial charge in [-0.3, -0.25) is 5.32 Å². The van der Waals surface area contributed by atoms with Crippen molar-refractivity contribution in [1.82, 2.24) is 5.32 Å². The van der Waals surface area contributed by atoms with Crippen LogP contribution in [0.1, 0.15) is 12.7 Å². The number of aliphatic carboxylic acids is 1. The summed E-state index contributed by atoms with van der Waals surface area (Å²) in [7, 11) is 0. The van der Waals surface area contributed by atoms with Gasteiger partial charge in [0.25, 0.3) is 0 Å². The SMILES string of the molecule is CC(NCCN=[N+]=[N-])(C(=O)O)c1cc2cc(Br)ccc2o1. The summed E-state index contributed by atoms with van der Waals surface area (Å²) >= 11 is 3.36. The van der Waals surface area contributed by atoms with Crippen LogP contribution in [0.5, 0.6) is 0 Å². The Morgan fingerprint density at radius 1 is 1.57 bits per heavy atom. The number of furan rings is 1. The summed E-state index contributed by atoms with van der Waals surface area (Å²) in [4.78, 5) is 14.2. The topological polar surface area (TPSA) is 111 Å². The molecule has 21 heavy (non-hydrogen) atoms. The van der Waals surface area contributed by atoms with Gasteiger partial charge in [0.05, 0.1) is 0 Å². The van der Waals surface area contributed by atoms with Crippen LogP contribution in [0.15, 0.2) is 38.3 Å². The monoisotopic (exact) mass is 352 g/mol. The van der Waals surface area contributed by atoms with Crippen LogP contribution >= 0.6 is 15.9 Å². The molecule has 1 unspecified atom stereocenters. The van der Waals surface area contributed by atoms with Gasteiger partial charge in [-0.2, -0.15) is 0 Å². The molecule has 0 spiro atoms. The summed E-state index contributed by atoms with van der Waals surface area (Å²) in [5.41, 5.74) is 7.45. The van der Waals surface area contributed by atoms with Crippen molar-refractivity contribution in [2.24, 2.45) is 5.11 Å². The Labute approximate surface area is 128 Å². The Balaban J connectivity index is 2.34. The van der Waals surface area contributed by atoms with E-state index in [1.807, 2.05) is 12.1 Å². The Morgan fingerprint density at radius 3 is 3.00 bits per heavy atom. The van der Waals surface area contributed by atoms with Crippen molar-refractivity contribution in [3.63, 3.8) is 0 Å². The predicted molar refractivity (Wildman–Crippen MR) is 80.9 cm³/mol. The number of nitrogens with zero attached hydrogens (tertiary/aromatic N) is 3. The third kappa shape index (κ3) is 3.18. The van der Waals surface area contributed by atoms with E-state index in [0.29, 0.717) is 11.3 Å². The molecule has 0 fully saturated rings. The van der Waals surface area contributed by atoms with E-state index in [0.717, 1.165) is 9.86 Å². The van der Waals surface area contributed by atoms with Gasteiger partial charge in [-0.15, -0.1) is 0 Å². The highest BCUT2D eigenvalue weighted by atomic mass is 79.9. The molecule has 0 aliphatic heterocycles. The van der Waals surface area contributed by atoms with Crippen LogP contribution in [0, 0.1) is 0 Å². The molecule has 1 heterocycles. The lowest BCUT2D eigenvalue weighted by molar-refractivity contribution is -0.145. The fourth-order valence-electron chi connectivity index (χ4n) is 1.93. The summed E-state index contributed by atoms with van der Waals surface area (Å²) in [6.07, 6.45) is 0. The summed E-state index contributed by atoms with van der Waals surface area (Å²) in [5, 5.41) is 16.5. The molecule has 1 aromatic carbocycles. The largest absolute Gasteiger partial charge is 0.480 e. The zero-order chi connectivity index (χ0) is 15.5. The van der Waals surface area contributed by atoms with Crippen molar-refractivity contribution < 1.29 is 14.3 Å². The van der Waals surface area contributed by atoms with Gasteiger partial charge >= 0.3 is 5.97 Å². The minimum atomic E-state index is -1.39. The number of hydrogen-bond acceptors (Lipinski definition) is 4. The molecule has 8 heteroatoms. The van der Waals surface area contributed by atoms with Crippen molar-refractivity contribution in [2.75, 3.05) is 13.1 Å². The minimum Gasteiger partial charge on any atom is -0.480 e. The molecule has 0 bridgehead atoms. The third-order valence-corrected chi connectivity index (χ3v) is 3.65. The smallest absolute Gasteiger partial charge is 0.331 e. The van der Waals surface area contributed by atoms with Crippen molar-refractivity contribution in [2.45, 2.75) is 12.5 Å². The number of hydrogen-bond donors (Lipinski definition) is 2. The number of halogens is 1. The maximum absolute atomic E-state index is 11.6. The standard InChI is InChI=1S/C13H13BrN4O3/c1-13(12(19)20,16-4-5-17-18-15)11-7-8-6-9(14)2-3-10(8)21-11/h2-3,6-7,16H,4-5H2,1H3,(H,19,20). The normalized spacial score (nSPS) is 13.6. The van der Waals surface area contributed by atoms with E-state index in [4.69, 9.17) is 9.95 Å². The zero-order valence-electron chi connectivity index (χ0n) is 11.2. The molecule has 110 valence electrons. The molecule has 0 aliphatic rings. The zero-order valence-corrected chi connectivity index (χ0v) is 12.8. The summed E-state index contributed by atoms with van der Waals surface area (Å²) < 4.78 is 6.52. The first kappa shape index (κ1) is 15.4. The summed E-state index contributed by atoms with van der Waals surface area (Å²) in [5.74, 6) is -0.773. The van der Waals surface area contributed by atoms with Crippen LogP contribution in [-0.2, 0) is 10.3 Å². The van der Waals surface area contributed by atoms with Crippen molar-refractivity contribution >= 4 is 32.9 Å². The average Bonchev–Trinajstić information content (AvgIpc) is 2.86. The molecule has 0 radical (unpaired) electrons. The number of azide groups is 1. The second-order valence-corrected chi connectivity index (χ2v) is 5.52. The van der Waals surface area contributed by atoms with Gasteiger partial charge in [0.2, 0.25) is 0 Å². The number of carboxylic acids is 1. The first-order chi connectivity index (χ1) is 9.97. The minimum absolute atomic E-state index is 0.158. The Kier molecular flexibility index (Phi) is 4.52. The number of benzene rings is 1. The van der Waals surface area contributed by atoms with E-state index >= 15 is 0 Å². The maximum Gasteiger partial charge on any atom is 0.331 e. The van der Waals surface area contributed by atoms with Crippen molar-refractivity contribution in [1.29, 1.82) is 0 Å². The van der Waals surface area contributed by atoms with E-state index in [9.17, 15) is 9.90 Å². The van der Waals surface area contributed by atoms with Crippen LogP contribution in [0.25, 0.3) is 21.4 Å². The van der Waals surface area contributed by atoms with Crippen LogP contribution in [0.3, 0.4) is 0 Å². The van der Waals surface area contributed by atoms with E-state index in [2.05, 4.69) is 31.3 Å². The van der Waals surface area contributed by atoms with Crippen molar-refractivity contribution in [3.8, 4) is 0 Å². The van der Waals surface area contributed by atoms with Gasteiger partial charge in [-0.1, -0.05) is 21.0 Å². The molecule has 0 amide bonds. The lowest BCUT2D eigenvalue weighted by Gasteiger charge is -2.23.